The van der Waals surface area contributed by atoms with Crippen LogP contribution in [-0.4, -0.2) is 49.3 Å². The fraction of sp³-hybridized carbons (Fsp3) is 0.737. The molecule has 136 valence electrons. The van der Waals surface area contributed by atoms with Crippen LogP contribution in [0.5, 0.6) is 0 Å². The summed E-state index contributed by atoms with van der Waals surface area (Å²) in [7, 11) is 0. The number of rotatable bonds is 12. The van der Waals surface area contributed by atoms with E-state index in [-0.39, 0.29) is 6.61 Å². The van der Waals surface area contributed by atoms with Gasteiger partial charge in [-0.1, -0.05) is 52.3 Å². The highest BCUT2D eigenvalue weighted by atomic mass is 16.5. The number of hydrogen-bond acceptors (Lipinski definition) is 4. The molecule has 0 aromatic heterocycles. The summed E-state index contributed by atoms with van der Waals surface area (Å²) in [6.07, 6.45) is 9.21. The van der Waals surface area contributed by atoms with E-state index in [9.17, 15) is 4.79 Å². The monoisotopic (exact) mass is 327 g/mol. The van der Waals surface area contributed by atoms with Crippen molar-refractivity contribution >= 4 is 6.47 Å². The molecule has 0 fully saturated rings. The Morgan fingerprint density at radius 2 is 1.87 bits per heavy atom. The normalized spacial score (nSPS) is 12.9. The van der Waals surface area contributed by atoms with E-state index >= 15 is 0 Å². The zero-order chi connectivity index (χ0) is 17.9. The first-order chi connectivity index (χ1) is 11.1. The number of aliphatic hydroxyl groups is 1. The van der Waals surface area contributed by atoms with Gasteiger partial charge < -0.3 is 14.7 Å². The van der Waals surface area contributed by atoms with Gasteiger partial charge in [-0.2, -0.15) is 0 Å². The molecule has 0 spiro atoms. The van der Waals surface area contributed by atoms with E-state index in [1.54, 1.807) is 0 Å². The Kier molecular flexibility index (Phi) is 19.8. The van der Waals surface area contributed by atoms with Gasteiger partial charge in [0, 0.05) is 0 Å². The van der Waals surface area contributed by atoms with Crippen molar-refractivity contribution in [2.45, 2.75) is 53.9 Å². The molecule has 0 aliphatic rings. The van der Waals surface area contributed by atoms with Gasteiger partial charge in [-0.25, -0.2) is 0 Å². The van der Waals surface area contributed by atoms with Crippen molar-refractivity contribution in [1.82, 2.24) is 4.90 Å². The van der Waals surface area contributed by atoms with E-state index in [1.165, 1.54) is 0 Å². The van der Waals surface area contributed by atoms with Gasteiger partial charge in [0.1, 0.15) is 0 Å². The van der Waals surface area contributed by atoms with Gasteiger partial charge >= 0.3 is 0 Å². The molecule has 0 radical (unpaired) electrons. The fourth-order valence-electron chi connectivity index (χ4n) is 1.97. The van der Waals surface area contributed by atoms with E-state index < -0.39 is 0 Å². The standard InChI is InChI=1S/C10H18O.C9H19NO2/c1-4-6-10(8-11)7-9(3)5-2;1-3-10(4-2)7-5-6-8-12-9-11/h4,6-7,9,11H,5,8H2,1-3H3;9H,3-8H2,1-2H3/b6-4-,10-7+;/t9-;/m1./s1. The van der Waals surface area contributed by atoms with Crippen molar-refractivity contribution in [2.75, 3.05) is 32.8 Å². The van der Waals surface area contributed by atoms with Gasteiger partial charge in [0.05, 0.1) is 13.2 Å². The summed E-state index contributed by atoms with van der Waals surface area (Å²) in [5.41, 5.74) is 1.02. The first kappa shape index (κ1) is 24.1. The van der Waals surface area contributed by atoms with Gasteiger partial charge in [0.15, 0.2) is 0 Å². The molecule has 23 heavy (non-hydrogen) atoms. The summed E-state index contributed by atoms with van der Waals surface area (Å²) in [6, 6.07) is 0. The van der Waals surface area contributed by atoms with Gasteiger partial charge in [-0.3, -0.25) is 4.79 Å². The Labute approximate surface area is 143 Å². The Morgan fingerprint density at radius 1 is 1.22 bits per heavy atom. The van der Waals surface area contributed by atoms with Crippen LogP contribution in [0.25, 0.3) is 0 Å². The minimum absolute atomic E-state index is 0.147. The molecule has 0 saturated heterocycles. The topological polar surface area (TPSA) is 49.8 Å². The molecule has 0 rings (SSSR count). The smallest absolute Gasteiger partial charge is 0.293 e. The number of ether oxygens (including phenoxy) is 1. The molecule has 0 unspecified atom stereocenters. The fourth-order valence-corrected chi connectivity index (χ4v) is 1.97. The highest BCUT2D eigenvalue weighted by Gasteiger charge is 1.97. The lowest BCUT2D eigenvalue weighted by molar-refractivity contribution is -0.128. The summed E-state index contributed by atoms with van der Waals surface area (Å²) in [5.74, 6) is 0.563. The number of carbonyl (C=O) groups is 1. The molecule has 4 nitrogen and oxygen atoms in total. The minimum Gasteiger partial charge on any atom is -0.468 e. The van der Waals surface area contributed by atoms with E-state index in [2.05, 4.69) is 43.4 Å². The lowest BCUT2D eigenvalue weighted by atomic mass is 10.1. The average molecular weight is 328 g/mol. The molecule has 0 aliphatic carbocycles. The average Bonchev–Trinajstić information content (AvgIpc) is 2.58. The van der Waals surface area contributed by atoms with E-state index in [1.807, 2.05) is 19.1 Å². The van der Waals surface area contributed by atoms with Crippen molar-refractivity contribution in [1.29, 1.82) is 0 Å². The Balaban J connectivity index is 0. The first-order valence-electron chi connectivity index (χ1n) is 8.81. The zero-order valence-electron chi connectivity index (χ0n) is 15.8. The molecule has 0 aromatic rings. The number of allylic oxidation sites excluding steroid dienone is 2. The lowest BCUT2D eigenvalue weighted by Gasteiger charge is -2.17. The van der Waals surface area contributed by atoms with Crippen LogP contribution < -0.4 is 0 Å². The Morgan fingerprint density at radius 3 is 2.30 bits per heavy atom. The van der Waals surface area contributed by atoms with Gasteiger partial charge in [0.25, 0.3) is 6.47 Å². The second-order valence-electron chi connectivity index (χ2n) is 5.49. The van der Waals surface area contributed by atoms with E-state index in [0.717, 1.165) is 44.5 Å². The molecule has 0 heterocycles. The third-order valence-electron chi connectivity index (χ3n) is 3.65. The van der Waals surface area contributed by atoms with Crippen LogP contribution >= 0.6 is 0 Å². The maximum atomic E-state index is 9.78. The van der Waals surface area contributed by atoms with Crippen molar-refractivity contribution in [3.05, 3.63) is 23.8 Å². The molecule has 0 aliphatic heterocycles. The third kappa shape index (κ3) is 17.1. The number of carbonyl (C=O) groups excluding carboxylic acids is 1. The Hall–Kier alpha value is -1.13. The summed E-state index contributed by atoms with van der Waals surface area (Å²) >= 11 is 0. The van der Waals surface area contributed by atoms with Crippen LogP contribution in [0.4, 0.5) is 0 Å². The third-order valence-corrected chi connectivity index (χ3v) is 3.65. The van der Waals surface area contributed by atoms with Crippen LogP contribution in [0.1, 0.15) is 53.9 Å². The van der Waals surface area contributed by atoms with Gasteiger partial charge in [-0.05, 0) is 50.9 Å². The largest absolute Gasteiger partial charge is 0.468 e. The minimum atomic E-state index is 0.147. The summed E-state index contributed by atoms with van der Waals surface area (Å²) in [5, 5.41) is 8.88. The maximum absolute atomic E-state index is 9.78. The van der Waals surface area contributed by atoms with Crippen LogP contribution in [0.15, 0.2) is 23.8 Å². The maximum Gasteiger partial charge on any atom is 0.293 e. The second kappa shape index (κ2) is 18.9. The predicted octanol–water partition coefficient (Wildman–Crippen LogP) is 3.81. The molecule has 0 amide bonds. The second-order valence-corrected chi connectivity index (χ2v) is 5.49. The molecule has 4 heteroatoms. The molecule has 0 bridgehead atoms. The summed E-state index contributed by atoms with van der Waals surface area (Å²) < 4.78 is 4.58. The van der Waals surface area contributed by atoms with Crippen molar-refractivity contribution in [3.8, 4) is 0 Å². The van der Waals surface area contributed by atoms with Crippen LogP contribution in [0.3, 0.4) is 0 Å². The van der Waals surface area contributed by atoms with Crippen molar-refractivity contribution < 1.29 is 14.6 Å². The molecular formula is C19H37NO3. The van der Waals surface area contributed by atoms with Crippen molar-refractivity contribution in [2.24, 2.45) is 5.92 Å². The lowest BCUT2D eigenvalue weighted by Crippen LogP contribution is -2.24. The first-order valence-corrected chi connectivity index (χ1v) is 8.81. The van der Waals surface area contributed by atoms with Crippen LogP contribution in [0.2, 0.25) is 0 Å². The zero-order valence-corrected chi connectivity index (χ0v) is 15.8. The van der Waals surface area contributed by atoms with E-state index in [4.69, 9.17) is 5.11 Å². The van der Waals surface area contributed by atoms with Crippen molar-refractivity contribution in [3.63, 3.8) is 0 Å². The molecule has 1 N–H and O–H groups in total. The molecule has 1 atom stereocenters. The number of hydrogen-bond donors (Lipinski definition) is 1. The number of aliphatic hydroxyl groups excluding tert-OH is 1. The molecule has 0 aromatic carbocycles. The molecule has 0 saturated carbocycles. The quantitative estimate of drug-likeness (QED) is 0.336. The van der Waals surface area contributed by atoms with Gasteiger partial charge in [0.2, 0.25) is 0 Å². The molecular weight excluding hydrogens is 290 g/mol. The van der Waals surface area contributed by atoms with Crippen LogP contribution in [-0.2, 0) is 9.53 Å². The van der Waals surface area contributed by atoms with Gasteiger partial charge in [-0.15, -0.1) is 0 Å². The van der Waals surface area contributed by atoms with E-state index in [0.29, 0.717) is 19.0 Å². The van der Waals surface area contributed by atoms with Crippen LogP contribution in [0, 0.1) is 5.92 Å². The summed E-state index contributed by atoms with van der Waals surface area (Å²) in [4.78, 5) is 12.1. The highest BCUT2D eigenvalue weighted by molar-refractivity contribution is 5.36. The highest BCUT2D eigenvalue weighted by Crippen LogP contribution is 2.07. The number of unbranched alkanes of at least 4 members (excludes halogenated alkanes) is 1. The predicted molar refractivity (Wildman–Crippen MR) is 98.5 cm³/mol. The Bertz CT molecular complexity index is 310. The SMILES string of the molecule is C/C=C\C(=C/[C@H](C)CC)CO.CCN(CC)CCCCOC=O. The summed E-state index contributed by atoms with van der Waals surface area (Å²) in [6.45, 7) is 15.1. The number of nitrogens with zero attached hydrogens (tertiary/aromatic N) is 1.